The lowest BCUT2D eigenvalue weighted by Gasteiger charge is -2.16. The van der Waals surface area contributed by atoms with Crippen molar-refractivity contribution in [2.75, 3.05) is 19.6 Å². The molecule has 0 saturated carbocycles. The predicted molar refractivity (Wildman–Crippen MR) is 83.9 cm³/mol. The Labute approximate surface area is 125 Å². The van der Waals surface area contributed by atoms with Gasteiger partial charge in [0, 0.05) is 31.2 Å². The Morgan fingerprint density at radius 1 is 1.24 bits per heavy atom. The molecule has 1 aromatic carbocycles. The fourth-order valence-electron chi connectivity index (χ4n) is 3.71. The molecule has 4 heteroatoms. The molecule has 2 atom stereocenters. The molecule has 2 aliphatic rings. The van der Waals surface area contributed by atoms with Crippen molar-refractivity contribution in [3.8, 4) is 11.3 Å². The fourth-order valence-corrected chi connectivity index (χ4v) is 3.71. The average molecular weight is 282 g/mol. The minimum absolute atomic E-state index is 0.708. The van der Waals surface area contributed by atoms with Gasteiger partial charge in [-0.05, 0) is 31.4 Å². The van der Waals surface area contributed by atoms with Crippen LogP contribution in [0.1, 0.15) is 17.5 Å². The van der Waals surface area contributed by atoms with Crippen molar-refractivity contribution in [2.24, 2.45) is 5.92 Å². The molecule has 21 heavy (non-hydrogen) atoms. The van der Waals surface area contributed by atoms with E-state index in [1.54, 1.807) is 0 Å². The van der Waals surface area contributed by atoms with Crippen LogP contribution in [0, 0.1) is 12.8 Å². The highest BCUT2D eigenvalue weighted by Gasteiger charge is 2.35. The third kappa shape index (κ3) is 2.49. The van der Waals surface area contributed by atoms with E-state index >= 15 is 0 Å². The number of aryl methyl sites for hydroxylation is 1. The number of fused-ring (bicyclic) bond motifs is 1. The summed E-state index contributed by atoms with van der Waals surface area (Å²) in [4.78, 5) is 2.56. The third-order valence-electron chi connectivity index (χ3n) is 4.89. The summed E-state index contributed by atoms with van der Waals surface area (Å²) in [7, 11) is 0. The SMILES string of the molecule is Cc1ccc(-c2[nH]ncc2CN2C[C@@H]3CCN[C@@H]3C2)cc1. The van der Waals surface area contributed by atoms with E-state index in [2.05, 4.69) is 51.6 Å². The molecule has 0 unspecified atom stereocenters. The smallest absolute Gasteiger partial charge is 0.0695 e. The molecule has 2 N–H and O–H groups in total. The summed E-state index contributed by atoms with van der Waals surface area (Å²) in [5.74, 6) is 0.847. The van der Waals surface area contributed by atoms with E-state index in [-0.39, 0.29) is 0 Å². The van der Waals surface area contributed by atoms with Crippen molar-refractivity contribution < 1.29 is 0 Å². The van der Waals surface area contributed by atoms with Crippen LogP contribution >= 0.6 is 0 Å². The summed E-state index contributed by atoms with van der Waals surface area (Å²) in [6, 6.07) is 9.37. The van der Waals surface area contributed by atoms with Gasteiger partial charge in [0.25, 0.3) is 0 Å². The Bertz CT molecular complexity index is 604. The van der Waals surface area contributed by atoms with Crippen LogP contribution in [0.2, 0.25) is 0 Å². The summed E-state index contributed by atoms with van der Waals surface area (Å²) in [5, 5.41) is 11.1. The molecule has 0 amide bonds. The summed E-state index contributed by atoms with van der Waals surface area (Å²) in [6.45, 7) is 6.70. The van der Waals surface area contributed by atoms with Gasteiger partial charge in [0.2, 0.25) is 0 Å². The highest BCUT2D eigenvalue weighted by Crippen LogP contribution is 2.28. The monoisotopic (exact) mass is 282 g/mol. The zero-order valence-corrected chi connectivity index (χ0v) is 12.5. The van der Waals surface area contributed by atoms with Crippen LogP contribution in [-0.2, 0) is 6.54 Å². The number of H-pyrrole nitrogens is 1. The number of aromatic amines is 1. The zero-order valence-electron chi connectivity index (χ0n) is 12.5. The second kappa shape index (κ2) is 5.28. The second-order valence-corrected chi connectivity index (χ2v) is 6.44. The molecule has 0 bridgehead atoms. The molecular weight excluding hydrogens is 260 g/mol. The number of nitrogens with one attached hydrogen (secondary N) is 2. The van der Waals surface area contributed by atoms with E-state index in [4.69, 9.17) is 0 Å². The number of rotatable bonds is 3. The van der Waals surface area contributed by atoms with E-state index in [0.29, 0.717) is 6.04 Å². The van der Waals surface area contributed by atoms with Crippen LogP contribution in [0.4, 0.5) is 0 Å². The molecule has 2 aliphatic heterocycles. The Hall–Kier alpha value is -1.65. The zero-order chi connectivity index (χ0) is 14.2. The lowest BCUT2D eigenvalue weighted by molar-refractivity contribution is 0.307. The molecule has 2 saturated heterocycles. The van der Waals surface area contributed by atoms with E-state index in [1.807, 2.05) is 6.20 Å². The van der Waals surface area contributed by atoms with Gasteiger partial charge in [-0.1, -0.05) is 29.8 Å². The summed E-state index contributed by atoms with van der Waals surface area (Å²) in [6.07, 6.45) is 3.31. The molecule has 0 radical (unpaired) electrons. The number of likely N-dealkylation sites (tertiary alicyclic amines) is 1. The first kappa shape index (κ1) is 13.0. The summed E-state index contributed by atoms with van der Waals surface area (Å²) >= 11 is 0. The van der Waals surface area contributed by atoms with E-state index in [0.717, 1.165) is 12.5 Å². The third-order valence-corrected chi connectivity index (χ3v) is 4.89. The van der Waals surface area contributed by atoms with Gasteiger partial charge in [-0.2, -0.15) is 5.10 Å². The molecule has 1 aromatic heterocycles. The van der Waals surface area contributed by atoms with Gasteiger partial charge in [0.1, 0.15) is 0 Å². The standard InChI is InChI=1S/C17H22N4/c1-12-2-4-13(5-3-12)17-15(8-19-20-17)10-21-9-14-6-7-18-16(14)11-21/h2-5,8,14,16,18H,6-7,9-11H2,1H3,(H,19,20)/t14-,16+/m0/s1. The quantitative estimate of drug-likeness (QED) is 0.907. The van der Waals surface area contributed by atoms with Crippen LogP contribution in [0.25, 0.3) is 11.3 Å². The first-order valence-corrected chi connectivity index (χ1v) is 7.84. The normalized spacial score (nSPS) is 25.4. The lowest BCUT2D eigenvalue weighted by atomic mass is 10.1. The Morgan fingerprint density at radius 3 is 2.90 bits per heavy atom. The highest BCUT2D eigenvalue weighted by atomic mass is 15.2. The fraction of sp³-hybridized carbons (Fsp3) is 0.471. The van der Waals surface area contributed by atoms with Crippen LogP contribution < -0.4 is 5.32 Å². The Kier molecular flexibility index (Phi) is 3.28. The van der Waals surface area contributed by atoms with Crippen molar-refractivity contribution in [1.29, 1.82) is 0 Å². The van der Waals surface area contributed by atoms with E-state index in [9.17, 15) is 0 Å². The Balaban J connectivity index is 1.51. The first-order chi connectivity index (χ1) is 10.3. The van der Waals surface area contributed by atoms with Crippen molar-refractivity contribution in [3.63, 3.8) is 0 Å². The summed E-state index contributed by atoms with van der Waals surface area (Å²) < 4.78 is 0. The van der Waals surface area contributed by atoms with Gasteiger partial charge in [0.15, 0.2) is 0 Å². The second-order valence-electron chi connectivity index (χ2n) is 6.44. The molecule has 0 spiro atoms. The van der Waals surface area contributed by atoms with Gasteiger partial charge in [-0.25, -0.2) is 0 Å². The van der Waals surface area contributed by atoms with Crippen LogP contribution in [0.5, 0.6) is 0 Å². The minimum Gasteiger partial charge on any atom is -0.312 e. The largest absolute Gasteiger partial charge is 0.312 e. The van der Waals surface area contributed by atoms with Gasteiger partial charge < -0.3 is 5.32 Å². The molecule has 110 valence electrons. The topological polar surface area (TPSA) is 44.0 Å². The Morgan fingerprint density at radius 2 is 2.10 bits per heavy atom. The molecule has 2 fully saturated rings. The maximum Gasteiger partial charge on any atom is 0.0695 e. The van der Waals surface area contributed by atoms with Crippen molar-refractivity contribution >= 4 is 0 Å². The molecule has 4 rings (SSSR count). The molecule has 4 nitrogen and oxygen atoms in total. The lowest BCUT2D eigenvalue weighted by Crippen LogP contribution is -2.29. The van der Waals surface area contributed by atoms with Crippen molar-refractivity contribution in [3.05, 3.63) is 41.6 Å². The van der Waals surface area contributed by atoms with Gasteiger partial charge in [0.05, 0.1) is 11.9 Å². The number of hydrogen-bond acceptors (Lipinski definition) is 3. The van der Waals surface area contributed by atoms with Gasteiger partial charge in [-0.15, -0.1) is 0 Å². The van der Waals surface area contributed by atoms with Gasteiger partial charge in [-0.3, -0.25) is 10.00 Å². The maximum atomic E-state index is 4.27. The van der Waals surface area contributed by atoms with Crippen molar-refractivity contribution in [1.82, 2.24) is 20.4 Å². The first-order valence-electron chi connectivity index (χ1n) is 7.84. The van der Waals surface area contributed by atoms with Gasteiger partial charge >= 0.3 is 0 Å². The van der Waals surface area contributed by atoms with Crippen molar-refractivity contribution in [2.45, 2.75) is 25.9 Å². The molecular formula is C17H22N4. The van der Waals surface area contributed by atoms with E-state index in [1.165, 1.54) is 48.4 Å². The van der Waals surface area contributed by atoms with Crippen LogP contribution in [0.3, 0.4) is 0 Å². The molecule has 0 aliphatic carbocycles. The number of benzene rings is 1. The predicted octanol–water partition coefficient (Wildman–Crippen LogP) is 2.18. The molecule has 3 heterocycles. The maximum absolute atomic E-state index is 4.27. The summed E-state index contributed by atoms with van der Waals surface area (Å²) in [5.41, 5.74) is 4.99. The minimum atomic E-state index is 0.708. The van der Waals surface area contributed by atoms with Crippen LogP contribution in [0.15, 0.2) is 30.5 Å². The average Bonchev–Trinajstić information content (AvgIpc) is 3.16. The van der Waals surface area contributed by atoms with E-state index < -0.39 is 0 Å². The number of aromatic nitrogens is 2. The molecule has 2 aromatic rings. The number of nitrogens with zero attached hydrogens (tertiary/aromatic N) is 2. The van der Waals surface area contributed by atoms with Crippen LogP contribution in [-0.4, -0.2) is 40.8 Å². The highest BCUT2D eigenvalue weighted by molar-refractivity contribution is 5.62. The number of hydrogen-bond donors (Lipinski definition) is 2.